The molecule has 7 nitrogen and oxygen atoms in total. The van der Waals surface area contributed by atoms with E-state index in [9.17, 15) is 4.79 Å². The lowest BCUT2D eigenvalue weighted by molar-refractivity contribution is 0.0946. The van der Waals surface area contributed by atoms with E-state index in [0.717, 1.165) is 5.56 Å². The highest BCUT2D eigenvalue weighted by Gasteiger charge is 2.10. The summed E-state index contributed by atoms with van der Waals surface area (Å²) in [5, 5.41) is 2.78. The molecule has 7 heteroatoms. The molecule has 0 aliphatic rings. The molecular weight excluding hydrogens is 258 g/mol. The van der Waals surface area contributed by atoms with Crippen molar-refractivity contribution in [2.75, 3.05) is 13.7 Å². The second-order valence-corrected chi connectivity index (χ2v) is 4.14. The Morgan fingerprint density at radius 3 is 3.10 bits per heavy atom. The molecule has 0 unspecified atom stereocenters. The third-order valence-corrected chi connectivity index (χ3v) is 2.74. The van der Waals surface area contributed by atoms with Crippen LogP contribution in [-0.4, -0.2) is 34.1 Å². The molecule has 2 heterocycles. The van der Waals surface area contributed by atoms with Gasteiger partial charge in [-0.05, 0) is 6.07 Å². The molecule has 2 rings (SSSR count). The van der Waals surface area contributed by atoms with Gasteiger partial charge in [-0.2, -0.15) is 0 Å². The standard InChI is InChI=1S/C13H17N5O2/c1-20-13-10(3-2-5-15-13)7-16-12(19)11-8-18(6-4-14)9-17-11/h2-3,5,8-9H,4,6-7,14H2,1H3,(H,16,19). The largest absolute Gasteiger partial charge is 0.481 e. The van der Waals surface area contributed by atoms with Gasteiger partial charge >= 0.3 is 0 Å². The van der Waals surface area contributed by atoms with Crippen LogP contribution in [0.15, 0.2) is 30.9 Å². The van der Waals surface area contributed by atoms with Gasteiger partial charge in [0.05, 0.1) is 13.4 Å². The van der Waals surface area contributed by atoms with E-state index in [1.807, 2.05) is 6.07 Å². The summed E-state index contributed by atoms with van der Waals surface area (Å²) in [4.78, 5) is 20.1. The lowest BCUT2D eigenvalue weighted by Crippen LogP contribution is -2.23. The van der Waals surface area contributed by atoms with Crippen LogP contribution in [0.4, 0.5) is 0 Å². The molecule has 0 spiro atoms. The number of carbonyl (C=O) groups is 1. The monoisotopic (exact) mass is 275 g/mol. The van der Waals surface area contributed by atoms with Crippen molar-refractivity contribution in [3.63, 3.8) is 0 Å². The number of nitrogens with zero attached hydrogens (tertiary/aromatic N) is 3. The number of nitrogens with two attached hydrogens (primary N) is 1. The van der Waals surface area contributed by atoms with Crippen molar-refractivity contribution in [2.24, 2.45) is 5.73 Å². The first kappa shape index (κ1) is 14.0. The molecule has 0 saturated heterocycles. The normalized spacial score (nSPS) is 10.3. The summed E-state index contributed by atoms with van der Waals surface area (Å²) in [7, 11) is 1.54. The highest BCUT2D eigenvalue weighted by atomic mass is 16.5. The summed E-state index contributed by atoms with van der Waals surface area (Å²) >= 11 is 0. The fourth-order valence-electron chi connectivity index (χ4n) is 1.76. The molecule has 106 valence electrons. The van der Waals surface area contributed by atoms with Crippen LogP contribution in [0.1, 0.15) is 16.1 Å². The SMILES string of the molecule is COc1ncccc1CNC(=O)c1cn(CCN)cn1. The summed E-state index contributed by atoms with van der Waals surface area (Å²) < 4.78 is 6.90. The summed E-state index contributed by atoms with van der Waals surface area (Å²) in [6.45, 7) is 1.47. The topological polar surface area (TPSA) is 95.1 Å². The molecule has 0 atom stereocenters. The molecule has 0 radical (unpaired) electrons. The van der Waals surface area contributed by atoms with Crippen LogP contribution in [0, 0.1) is 0 Å². The van der Waals surface area contributed by atoms with Crippen LogP contribution in [0.2, 0.25) is 0 Å². The van der Waals surface area contributed by atoms with Gasteiger partial charge in [0.15, 0.2) is 0 Å². The zero-order valence-corrected chi connectivity index (χ0v) is 11.2. The molecule has 0 aromatic carbocycles. The van der Waals surface area contributed by atoms with Gasteiger partial charge in [-0.15, -0.1) is 0 Å². The van der Waals surface area contributed by atoms with E-state index in [2.05, 4.69) is 15.3 Å². The van der Waals surface area contributed by atoms with Crippen molar-refractivity contribution >= 4 is 5.91 Å². The van der Waals surface area contributed by atoms with E-state index in [0.29, 0.717) is 31.2 Å². The van der Waals surface area contributed by atoms with E-state index in [1.54, 1.807) is 36.5 Å². The molecule has 1 amide bonds. The number of pyridine rings is 1. The number of methoxy groups -OCH3 is 1. The Bertz CT molecular complexity index is 582. The highest BCUT2D eigenvalue weighted by Crippen LogP contribution is 2.13. The van der Waals surface area contributed by atoms with Gasteiger partial charge in [0.25, 0.3) is 5.91 Å². The van der Waals surface area contributed by atoms with Crippen molar-refractivity contribution in [3.05, 3.63) is 42.1 Å². The average molecular weight is 275 g/mol. The molecule has 2 aromatic rings. The van der Waals surface area contributed by atoms with Crippen LogP contribution < -0.4 is 15.8 Å². The number of carbonyl (C=O) groups excluding carboxylic acids is 1. The molecule has 2 aromatic heterocycles. The molecule has 0 bridgehead atoms. The smallest absolute Gasteiger partial charge is 0.271 e. The predicted octanol–water partition coefficient (Wildman–Crippen LogP) is 0.175. The third kappa shape index (κ3) is 3.33. The summed E-state index contributed by atoms with van der Waals surface area (Å²) in [6.07, 6.45) is 4.90. The van der Waals surface area contributed by atoms with Gasteiger partial charge in [-0.1, -0.05) is 6.07 Å². The molecule has 3 N–H and O–H groups in total. The zero-order chi connectivity index (χ0) is 14.4. The van der Waals surface area contributed by atoms with E-state index in [1.165, 1.54) is 0 Å². The number of hydrogen-bond acceptors (Lipinski definition) is 5. The number of aromatic nitrogens is 3. The Labute approximate surface area is 116 Å². The number of ether oxygens (including phenoxy) is 1. The lowest BCUT2D eigenvalue weighted by Gasteiger charge is -2.07. The van der Waals surface area contributed by atoms with E-state index in [4.69, 9.17) is 10.5 Å². The number of nitrogens with one attached hydrogen (secondary N) is 1. The van der Waals surface area contributed by atoms with Crippen molar-refractivity contribution in [1.82, 2.24) is 19.9 Å². The second kappa shape index (κ2) is 6.67. The van der Waals surface area contributed by atoms with Crippen LogP contribution >= 0.6 is 0 Å². The maximum absolute atomic E-state index is 12.0. The molecule has 0 aliphatic carbocycles. The van der Waals surface area contributed by atoms with Crippen molar-refractivity contribution < 1.29 is 9.53 Å². The summed E-state index contributed by atoms with van der Waals surface area (Å²) in [5.74, 6) is 0.258. The second-order valence-electron chi connectivity index (χ2n) is 4.14. The zero-order valence-electron chi connectivity index (χ0n) is 11.2. The Morgan fingerprint density at radius 2 is 2.35 bits per heavy atom. The van der Waals surface area contributed by atoms with Gasteiger partial charge in [0, 0.05) is 37.6 Å². The van der Waals surface area contributed by atoms with Crippen molar-refractivity contribution in [2.45, 2.75) is 13.1 Å². The number of imidazole rings is 1. The van der Waals surface area contributed by atoms with E-state index in [-0.39, 0.29) is 5.91 Å². The lowest BCUT2D eigenvalue weighted by atomic mass is 10.2. The minimum atomic E-state index is -0.244. The van der Waals surface area contributed by atoms with Crippen molar-refractivity contribution in [3.8, 4) is 5.88 Å². The fourth-order valence-corrected chi connectivity index (χ4v) is 1.76. The van der Waals surface area contributed by atoms with Gasteiger partial charge in [0.1, 0.15) is 5.69 Å². The van der Waals surface area contributed by atoms with Crippen LogP contribution in [-0.2, 0) is 13.1 Å². The number of amides is 1. The first-order valence-corrected chi connectivity index (χ1v) is 6.22. The number of rotatable bonds is 6. The maximum Gasteiger partial charge on any atom is 0.271 e. The Hall–Kier alpha value is -2.41. The van der Waals surface area contributed by atoms with Gasteiger partial charge in [-0.25, -0.2) is 9.97 Å². The third-order valence-electron chi connectivity index (χ3n) is 2.74. The molecular formula is C13H17N5O2. The van der Waals surface area contributed by atoms with E-state index >= 15 is 0 Å². The van der Waals surface area contributed by atoms with Crippen molar-refractivity contribution in [1.29, 1.82) is 0 Å². The van der Waals surface area contributed by atoms with E-state index < -0.39 is 0 Å². The minimum Gasteiger partial charge on any atom is -0.481 e. The summed E-state index contributed by atoms with van der Waals surface area (Å²) in [5.41, 5.74) is 6.61. The minimum absolute atomic E-state index is 0.244. The van der Waals surface area contributed by atoms with Crippen LogP contribution in [0.3, 0.4) is 0 Å². The molecule has 0 fully saturated rings. The quantitative estimate of drug-likeness (QED) is 0.784. The van der Waals surface area contributed by atoms with Gasteiger partial charge in [-0.3, -0.25) is 4.79 Å². The summed E-state index contributed by atoms with van der Waals surface area (Å²) in [6, 6.07) is 3.64. The van der Waals surface area contributed by atoms with Gasteiger partial charge < -0.3 is 20.4 Å². The fraction of sp³-hybridized carbons (Fsp3) is 0.308. The Balaban J connectivity index is 1.97. The molecule has 20 heavy (non-hydrogen) atoms. The Kier molecular flexibility index (Phi) is 4.67. The van der Waals surface area contributed by atoms with Crippen LogP contribution in [0.5, 0.6) is 5.88 Å². The average Bonchev–Trinajstić information content (AvgIpc) is 2.94. The molecule has 0 saturated carbocycles. The first-order valence-electron chi connectivity index (χ1n) is 6.22. The Morgan fingerprint density at radius 1 is 1.50 bits per heavy atom. The number of hydrogen-bond donors (Lipinski definition) is 2. The molecule has 0 aliphatic heterocycles. The first-order chi connectivity index (χ1) is 9.74. The van der Waals surface area contributed by atoms with Gasteiger partial charge in [0.2, 0.25) is 5.88 Å². The highest BCUT2D eigenvalue weighted by molar-refractivity contribution is 5.91. The predicted molar refractivity (Wildman–Crippen MR) is 73.2 cm³/mol. The van der Waals surface area contributed by atoms with Crippen LogP contribution in [0.25, 0.3) is 0 Å². The maximum atomic E-state index is 12.0.